The fraction of sp³-hybridized carbons (Fsp3) is 0.212. The number of carboxylic acid groups (broad SMARTS) is 1. The van der Waals surface area contributed by atoms with Crippen LogP contribution in [0.4, 0.5) is 0 Å². The number of rotatable bonds is 12. The number of hydrogen-bond acceptors (Lipinski definition) is 4. The Kier molecular flexibility index (Phi) is 10.3. The van der Waals surface area contributed by atoms with Gasteiger partial charge in [-0.3, -0.25) is 4.79 Å². The van der Waals surface area contributed by atoms with Crippen LogP contribution in [-0.4, -0.2) is 35.0 Å². The molecule has 0 spiro atoms. The molecule has 4 aromatic rings. The molecule has 40 heavy (non-hydrogen) atoms. The summed E-state index contributed by atoms with van der Waals surface area (Å²) in [4.78, 5) is 25.0. The summed E-state index contributed by atoms with van der Waals surface area (Å²) in [6.07, 6.45) is 3.86. The Balaban J connectivity index is 1.52. The molecule has 0 fully saturated rings. The maximum Gasteiger partial charge on any atom is 0.326 e. The SMILES string of the molecule is CSCC[C@H](NC(=O)c1ccc(CCc2ccc(Oc3ccccc3Cl)cc2)cc1-c1ccccc1C)C(=O)O. The number of aryl methyl sites for hydroxylation is 3. The highest BCUT2D eigenvalue weighted by molar-refractivity contribution is 7.98. The summed E-state index contributed by atoms with van der Waals surface area (Å²) >= 11 is 7.75. The third-order valence-corrected chi connectivity index (χ3v) is 7.62. The number of benzene rings is 4. The van der Waals surface area contributed by atoms with Gasteiger partial charge in [0.05, 0.1) is 5.02 Å². The van der Waals surface area contributed by atoms with Crippen molar-refractivity contribution in [1.82, 2.24) is 5.32 Å². The quantitative estimate of drug-likeness (QED) is 0.181. The zero-order valence-corrected chi connectivity index (χ0v) is 24.1. The molecule has 206 valence electrons. The van der Waals surface area contributed by atoms with Crippen molar-refractivity contribution in [3.8, 4) is 22.6 Å². The molecule has 0 radical (unpaired) electrons. The van der Waals surface area contributed by atoms with Crippen molar-refractivity contribution in [2.45, 2.75) is 32.2 Å². The lowest BCUT2D eigenvalue weighted by Crippen LogP contribution is -2.41. The first-order valence-corrected chi connectivity index (χ1v) is 14.9. The number of carbonyl (C=O) groups excluding carboxylic acids is 1. The average molecular weight is 574 g/mol. The van der Waals surface area contributed by atoms with Gasteiger partial charge in [-0.25, -0.2) is 4.79 Å². The number of amides is 1. The summed E-state index contributed by atoms with van der Waals surface area (Å²) in [7, 11) is 0. The monoisotopic (exact) mass is 573 g/mol. The Labute approximate surface area is 244 Å². The molecule has 0 aromatic heterocycles. The molecule has 7 heteroatoms. The first-order valence-electron chi connectivity index (χ1n) is 13.1. The summed E-state index contributed by atoms with van der Waals surface area (Å²) in [5, 5.41) is 12.9. The van der Waals surface area contributed by atoms with E-state index in [1.165, 1.54) is 0 Å². The van der Waals surface area contributed by atoms with Crippen LogP contribution < -0.4 is 10.1 Å². The number of aliphatic carboxylic acids is 1. The van der Waals surface area contributed by atoms with Crippen molar-refractivity contribution in [3.63, 3.8) is 0 Å². The van der Waals surface area contributed by atoms with Gasteiger partial charge in [0.25, 0.3) is 5.91 Å². The molecule has 2 N–H and O–H groups in total. The van der Waals surface area contributed by atoms with Crippen molar-refractivity contribution in [3.05, 3.63) is 118 Å². The van der Waals surface area contributed by atoms with Crippen LogP contribution in [0.15, 0.2) is 91.0 Å². The molecule has 0 aliphatic carbocycles. The van der Waals surface area contributed by atoms with Gasteiger partial charge in [-0.2, -0.15) is 11.8 Å². The summed E-state index contributed by atoms with van der Waals surface area (Å²) in [6.45, 7) is 2.01. The van der Waals surface area contributed by atoms with E-state index in [2.05, 4.69) is 5.32 Å². The zero-order chi connectivity index (χ0) is 28.5. The molecular formula is C33H32ClNO4S. The minimum Gasteiger partial charge on any atom is -0.480 e. The zero-order valence-electron chi connectivity index (χ0n) is 22.5. The first kappa shape index (κ1) is 29.2. The lowest BCUT2D eigenvalue weighted by molar-refractivity contribution is -0.139. The second-order valence-corrected chi connectivity index (χ2v) is 10.9. The van der Waals surface area contributed by atoms with Crippen LogP contribution in [0.3, 0.4) is 0 Å². The molecule has 5 nitrogen and oxygen atoms in total. The van der Waals surface area contributed by atoms with E-state index >= 15 is 0 Å². The molecule has 0 aliphatic rings. The predicted octanol–water partition coefficient (Wildman–Crippen LogP) is 7.83. The van der Waals surface area contributed by atoms with Gasteiger partial charge in [0.15, 0.2) is 0 Å². The Morgan fingerprint density at radius 1 is 0.900 bits per heavy atom. The number of halogens is 1. The maximum atomic E-state index is 13.3. The number of carboxylic acids is 1. The number of para-hydroxylation sites is 1. The van der Waals surface area contributed by atoms with Crippen molar-refractivity contribution < 1.29 is 19.4 Å². The maximum absolute atomic E-state index is 13.3. The fourth-order valence-electron chi connectivity index (χ4n) is 4.44. The summed E-state index contributed by atoms with van der Waals surface area (Å²) in [5.41, 5.74) is 5.50. The fourth-order valence-corrected chi connectivity index (χ4v) is 5.08. The summed E-state index contributed by atoms with van der Waals surface area (Å²) in [5.74, 6) is 0.565. The van der Waals surface area contributed by atoms with E-state index in [9.17, 15) is 14.7 Å². The predicted molar refractivity (Wildman–Crippen MR) is 164 cm³/mol. The lowest BCUT2D eigenvalue weighted by atomic mass is 9.92. The van der Waals surface area contributed by atoms with Gasteiger partial charge in [0.2, 0.25) is 0 Å². The van der Waals surface area contributed by atoms with Crippen LogP contribution in [0, 0.1) is 6.92 Å². The molecule has 4 aromatic carbocycles. The molecule has 4 rings (SSSR count). The molecule has 0 saturated carbocycles. The van der Waals surface area contributed by atoms with Crippen LogP contribution in [0.5, 0.6) is 11.5 Å². The van der Waals surface area contributed by atoms with Crippen LogP contribution in [0.1, 0.15) is 33.5 Å². The lowest BCUT2D eigenvalue weighted by Gasteiger charge is -2.18. The van der Waals surface area contributed by atoms with Gasteiger partial charge in [-0.05, 0) is 96.3 Å². The Hall–Kier alpha value is -3.74. The highest BCUT2D eigenvalue weighted by atomic mass is 35.5. The molecular weight excluding hydrogens is 542 g/mol. The van der Waals surface area contributed by atoms with Gasteiger partial charge >= 0.3 is 5.97 Å². The Morgan fingerprint density at radius 2 is 1.57 bits per heavy atom. The highest BCUT2D eigenvalue weighted by Crippen LogP contribution is 2.30. The minimum absolute atomic E-state index is 0.363. The normalized spacial score (nSPS) is 11.6. The standard InChI is InChI=1S/C33H32ClNO4S/c1-22-7-3-4-8-26(22)28-21-24(15-18-27(28)32(36)35-30(33(37)38)19-20-40-2)12-11-23-13-16-25(17-14-23)39-31-10-6-5-9-29(31)34/h3-10,13-18,21,30H,11-12,19-20H2,1-2H3,(H,35,36)(H,37,38)/t30-/m0/s1. The van der Waals surface area contributed by atoms with E-state index in [0.29, 0.717) is 34.3 Å². The van der Waals surface area contributed by atoms with E-state index in [1.807, 2.05) is 92.0 Å². The summed E-state index contributed by atoms with van der Waals surface area (Å²) in [6, 6.07) is 28.1. The van der Waals surface area contributed by atoms with E-state index in [4.69, 9.17) is 16.3 Å². The number of thioether (sulfide) groups is 1. The van der Waals surface area contributed by atoms with E-state index in [1.54, 1.807) is 23.9 Å². The van der Waals surface area contributed by atoms with Crippen LogP contribution in [0.25, 0.3) is 11.1 Å². The van der Waals surface area contributed by atoms with Crippen molar-refractivity contribution in [1.29, 1.82) is 0 Å². The largest absolute Gasteiger partial charge is 0.480 e. The smallest absolute Gasteiger partial charge is 0.326 e. The van der Waals surface area contributed by atoms with E-state index < -0.39 is 12.0 Å². The third kappa shape index (κ3) is 7.68. The van der Waals surface area contributed by atoms with Crippen LogP contribution in [-0.2, 0) is 17.6 Å². The topological polar surface area (TPSA) is 75.6 Å². The van der Waals surface area contributed by atoms with Crippen LogP contribution >= 0.6 is 23.4 Å². The molecule has 0 aliphatic heterocycles. The van der Waals surface area contributed by atoms with Gasteiger partial charge < -0.3 is 15.2 Å². The molecule has 0 heterocycles. The minimum atomic E-state index is -1.03. The van der Waals surface area contributed by atoms with Gasteiger partial charge in [0, 0.05) is 5.56 Å². The second-order valence-electron chi connectivity index (χ2n) is 9.52. The number of ether oxygens (including phenoxy) is 1. The first-order chi connectivity index (χ1) is 19.4. The Morgan fingerprint density at radius 3 is 2.27 bits per heavy atom. The van der Waals surface area contributed by atoms with Crippen molar-refractivity contribution >= 4 is 35.2 Å². The molecule has 1 amide bonds. The second kappa shape index (κ2) is 14.1. The Bertz CT molecular complexity index is 1470. The molecule has 1 atom stereocenters. The van der Waals surface area contributed by atoms with Gasteiger partial charge in [0.1, 0.15) is 17.5 Å². The molecule has 0 unspecified atom stereocenters. The van der Waals surface area contributed by atoms with E-state index in [0.717, 1.165) is 40.7 Å². The van der Waals surface area contributed by atoms with Crippen LogP contribution in [0.2, 0.25) is 5.02 Å². The highest BCUT2D eigenvalue weighted by Gasteiger charge is 2.22. The number of nitrogens with one attached hydrogen (secondary N) is 1. The van der Waals surface area contributed by atoms with Gasteiger partial charge in [-0.15, -0.1) is 0 Å². The van der Waals surface area contributed by atoms with Gasteiger partial charge in [-0.1, -0.05) is 72.3 Å². The average Bonchev–Trinajstić information content (AvgIpc) is 2.96. The summed E-state index contributed by atoms with van der Waals surface area (Å²) < 4.78 is 5.89. The van der Waals surface area contributed by atoms with Crippen molar-refractivity contribution in [2.24, 2.45) is 0 Å². The van der Waals surface area contributed by atoms with E-state index in [-0.39, 0.29) is 5.91 Å². The molecule has 0 bridgehead atoms. The van der Waals surface area contributed by atoms with Crippen molar-refractivity contribution in [2.75, 3.05) is 12.0 Å². The third-order valence-electron chi connectivity index (χ3n) is 6.67. The molecule has 0 saturated heterocycles. The number of hydrogen-bond donors (Lipinski definition) is 2. The number of carbonyl (C=O) groups is 2.